The van der Waals surface area contributed by atoms with Crippen LogP contribution in [0.3, 0.4) is 0 Å². The van der Waals surface area contributed by atoms with Crippen LogP contribution in [0.1, 0.15) is 42.8 Å². The number of nitriles is 1. The van der Waals surface area contributed by atoms with Gasteiger partial charge in [-0.3, -0.25) is 4.79 Å². The van der Waals surface area contributed by atoms with Crippen molar-refractivity contribution in [2.45, 2.75) is 42.9 Å². The molecule has 26 heavy (non-hydrogen) atoms. The Hall–Kier alpha value is -2.59. The van der Waals surface area contributed by atoms with Crippen LogP contribution >= 0.6 is 11.8 Å². The standard InChI is InChI=1S/C19H20N4O2S/c1-11-14(10-20)19(23-17(21-11)13-8-9-13)26-12(2)18(24)22-15-6-4-5-7-16(15)25-3/h4-7,12-13H,8-9H2,1-3H3,(H,22,24). The van der Waals surface area contributed by atoms with Gasteiger partial charge in [0, 0.05) is 5.92 Å². The summed E-state index contributed by atoms with van der Waals surface area (Å²) in [6, 6.07) is 9.42. The maximum absolute atomic E-state index is 12.6. The van der Waals surface area contributed by atoms with Crippen LogP contribution in [-0.2, 0) is 4.79 Å². The molecule has 134 valence electrons. The summed E-state index contributed by atoms with van der Waals surface area (Å²) in [5.74, 6) is 1.59. The van der Waals surface area contributed by atoms with Crippen molar-refractivity contribution in [1.82, 2.24) is 9.97 Å². The highest BCUT2D eigenvalue weighted by Crippen LogP contribution is 2.39. The topological polar surface area (TPSA) is 87.9 Å². The van der Waals surface area contributed by atoms with E-state index in [2.05, 4.69) is 21.4 Å². The van der Waals surface area contributed by atoms with E-state index in [1.165, 1.54) is 11.8 Å². The second-order valence-corrected chi connectivity index (χ2v) is 7.51. The van der Waals surface area contributed by atoms with Gasteiger partial charge >= 0.3 is 0 Å². The molecule has 6 nitrogen and oxygen atoms in total. The number of anilines is 1. The number of hydrogen-bond acceptors (Lipinski definition) is 6. The largest absolute Gasteiger partial charge is 0.495 e. The van der Waals surface area contributed by atoms with Crippen LogP contribution in [0.5, 0.6) is 5.75 Å². The van der Waals surface area contributed by atoms with E-state index in [0.29, 0.717) is 33.6 Å². The van der Waals surface area contributed by atoms with Gasteiger partial charge in [0.2, 0.25) is 5.91 Å². The number of rotatable bonds is 6. The van der Waals surface area contributed by atoms with Crippen molar-refractivity contribution in [2.75, 3.05) is 12.4 Å². The molecule has 3 rings (SSSR count). The van der Waals surface area contributed by atoms with Crippen LogP contribution in [0.25, 0.3) is 0 Å². The van der Waals surface area contributed by atoms with Gasteiger partial charge in [-0.25, -0.2) is 9.97 Å². The molecular formula is C19H20N4O2S. The number of ether oxygens (including phenoxy) is 1. The number of aromatic nitrogens is 2. The van der Waals surface area contributed by atoms with Gasteiger partial charge in [-0.15, -0.1) is 0 Å². The average molecular weight is 368 g/mol. The van der Waals surface area contributed by atoms with Gasteiger partial charge in [-0.05, 0) is 38.8 Å². The number of methoxy groups -OCH3 is 1. The minimum absolute atomic E-state index is 0.173. The number of nitrogens with one attached hydrogen (secondary N) is 1. The number of amides is 1. The van der Waals surface area contributed by atoms with E-state index in [1.807, 2.05) is 19.1 Å². The van der Waals surface area contributed by atoms with Crippen molar-refractivity contribution in [3.63, 3.8) is 0 Å². The summed E-state index contributed by atoms with van der Waals surface area (Å²) in [6.07, 6.45) is 2.17. The highest BCUT2D eigenvalue weighted by molar-refractivity contribution is 8.00. The van der Waals surface area contributed by atoms with Crippen molar-refractivity contribution in [2.24, 2.45) is 0 Å². The number of hydrogen-bond donors (Lipinski definition) is 1. The van der Waals surface area contributed by atoms with Crippen LogP contribution in [0.15, 0.2) is 29.3 Å². The first-order chi connectivity index (χ1) is 12.5. The first-order valence-corrected chi connectivity index (χ1v) is 9.30. The third-order valence-electron chi connectivity index (χ3n) is 4.15. The van der Waals surface area contributed by atoms with Crippen LogP contribution in [0.2, 0.25) is 0 Å². The van der Waals surface area contributed by atoms with Crippen molar-refractivity contribution in [3.8, 4) is 11.8 Å². The van der Waals surface area contributed by atoms with Gasteiger partial charge < -0.3 is 10.1 Å². The number of aryl methyl sites for hydroxylation is 1. The number of carbonyl (C=O) groups is 1. The molecule has 1 saturated carbocycles. The zero-order valence-corrected chi connectivity index (χ0v) is 15.8. The summed E-state index contributed by atoms with van der Waals surface area (Å²) in [7, 11) is 1.56. The Balaban J connectivity index is 1.78. The van der Waals surface area contributed by atoms with E-state index in [4.69, 9.17) is 4.74 Å². The normalized spacial score (nSPS) is 14.4. The third kappa shape index (κ3) is 3.97. The van der Waals surface area contributed by atoms with Crippen molar-refractivity contribution < 1.29 is 9.53 Å². The predicted octanol–water partition coefficient (Wildman–Crippen LogP) is 3.66. The fourth-order valence-electron chi connectivity index (χ4n) is 2.51. The van der Waals surface area contributed by atoms with E-state index in [1.54, 1.807) is 26.2 Å². The molecule has 2 aromatic rings. The van der Waals surface area contributed by atoms with Gasteiger partial charge in [0.1, 0.15) is 28.2 Å². The van der Waals surface area contributed by atoms with Gasteiger partial charge in [0.05, 0.1) is 23.7 Å². The molecule has 0 radical (unpaired) electrons. The van der Waals surface area contributed by atoms with E-state index in [0.717, 1.165) is 18.7 Å². The molecule has 1 aromatic heterocycles. The van der Waals surface area contributed by atoms with Gasteiger partial charge in [-0.2, -0.15) is 5.26 Å². The van der Waals surface area contributed by atoms with Crippen molar-refractivity contribution in [1.29, 1.82) is 5.26 Å². The molecule has 1 atom stereocenters. The van der Waals surface area contributed by atoms with Gasteiger partial charge in [-0.1, -0.05) is 23.9 Å². The van der Waals surface area contributed by atoms with Crippen molar-refractivity contribution >= 4 is 23.4 Å². The Bertz CT molecular complexity index is 874. The molecule has 1 fully saturated rings. The molecule has 0 saturated heterocycles. The van der Waals surface area contributed by atoms with E-state index >= 15 is 0 Å². The molecule has 1 heterocycles. The third-order valence-corrected chi connectivity index (χ3v) is 5.24. The Morgan fingerprint density at radius 3 is 2.77 bits per heavy atom. The first-order valence-electron chi connectivity index (χ1n) is 8.42. The molecule has 1 unspecified atom stereocenters. The maximum Gasteiger partial charge on any atom is 0.237 e. The molecule has 1 aliphatic carbocycles. The van der Waals surface area contributed by atoms with Gasteiger partial charge in [0.25, 0.3) is 0 Å². The molecular weight excluding hydrogens is 348 g/mol. The first kappa shape index (κ1) is 18.2. The Kier molecular flexibility index (Phi) is 5.43. The fourth-order valence-corrected chi connectivity index (χ4v) is 3.47. The highest BCUT2D eigenvalue weighted by atomic mass is 32.2. The number of nitrogens with zero attached hydrogens (tertiary/aromatic N) is 3. The second-order valence-electron chi connectivity index (χ2n) is 6.18. The Morgan fingerprint density at radius 2 is 2.12 bits per heavy atom. The molecule has 0 bridgehead atoms. The summed E-state index contributed by atoms with van der Waals surface area (Å²) < 4.78 is 5.26. The quantitative estimate of drug-likeness (QED) is 0.618. The van der Waals surface area contributed by atoms with E-state index in [-0.39, 0.29) is 5.91 Å². The Morgan fingerprint density at radius 1 is 1.38 bits per heavy atom. The highest BCUT2D eigenvalue weighted by Gasteiger charge is 2.29. The maximum atomic E-state index is 12.6. The molecule has 1 aliphatic rings. The lowest BCUT2D eigenvalue weighted by atomic mass is 10.2. The molecule has 1 amide bonds. The molecule has 7 heteroatoms. The smallest absolute Gasteiger partial charge is 0.237 e. The molecule has 1 aromatic carbocycles. The Labute approximate surface area is 157 Å². The number of carbonyl (C=O) groups excluding carboxylic acids is 1. The summed E-state index contributed by atoms with van der Waals surface area (Å²) >= 11 is 1.28. The van der Waals surface area contributed by atoms with Crippen LogP contribution < -0.4 is 10.1 Å². The zero-order valence-electron chi connectivity index (χ0n) is 14.9. The summed E-state index contributed by atoms with van der Waals surface area (Å²) in [6.45, 7) is 3.61. The van der Waals surface area contributed by atoms with E-state index in [9.17, 15) is 10.1 Å². The lowest BCUT2D eigenvalue weighted by molar-refractivity contribution is -0.115. The summed E-state index contributed by atoms with van der Waals surface area (Å²) in [4.78, 5) is 21.6. The minimum Gasteiger partial charge on any atom is -0.495 e. The van der Waals surface area contributed by atoms with E-state index < -0.39 is 5.25 Å². The zero-order chi connectivity index (χ0) is 18.7. The number of thioether (sulfide) groups is 1. The SMILES string of the molecule is COc1ccccc1NC(=O)C(C)Sc1nc(C2CC2)nc(C)c1C#N. The van der Waals surface area contributed by atoms with Crippen LogP contribution in [0.4, 0.5) is 5.69 Å². The summed E-state index contributed by atoms with van der Waals surface area (Å²) in [5.41, 5.74) is 1.73. The van der Waals surface area contributed by atoms with Crippen LogP contribution in [-0.4, -0.2) is 28.2 Å². The number of para-hydroxylation sites is 2. The van der Waals surface area contributed by atoms with Crippen molar-refractivity contribution in [3.05, 3.63) is 41.3 Å². The lowest BCUT2D eigenvalue weighted by Crippen LogP contribution is -2.23. The molecule has 1 N–H and O–H groups in total. The fraction of sp³-hybridized carbons (Fsp3) is 0.368. The number of benzene rings is 1. The average Bonchev–Trinajstić information content (AvgIpc) is 3.47. The monoisotopic (exact) mass is 368 g/mol. The minimum atomic E-state index is -0.423. The molecule has 0 aliphatic heterocycles. The lowest BCUT2D eigenvalue weighted by Gasteiger charge is -2.15. The predicted molar refractivity (Wildman–Crippen MR) is 100 cm³/mol. The second kappa shape index (κ2) is 7.75. The molecule has 0 spiro atoms. The summed E-state index contributed by atoms with van der Waals surface area (Å²) in [5, 5.41) is 12.5. The van der Waals surface area contributed by atoms with Crippen LogP contribution in [0, 0.1) is 18.3 Å². The van der Waals surface area contributed by atoms with Gasteiger partial charge in [0.15, 0.2) is 0 Å².